The number of fused-ring (bicyclic) bond motifs is 5. The summed E-state index contributed by atoms with van der Waals surface area (Å²) in [4.78, 5) is 23.7. The van der Waals surface area contributed by atoms with E-state index in [1.165, 1.54) is 51.4 Å². The number of amides is 2. The molecule has 0 aliphatic heterocycles. The largest absolute Gasteiger partial charge is 0.446 e. The lowest BCUT2D eigenvalue weighted by molar-refractivity contribution is -0.120. The van der Waals surface area contributed by atoms with E-state index in [9.17, 15) is 9.59 Å². The first kappa shape index (κ1) is 28.5. The first-order valence-electron chi connectivity index (χ1n) is 15.4. The van der Waals surface area contributed by atoms with Gasteiger partial charge in [0.1, 0.15) is 6.10 Å². The number of hydrogen-bond acceptors (Lipinski definition) is 3. The minimum Gasteiger partial charge on any atom is -0.446 e. The van der Waals surface area contributed by atoms with Crippen LogP contribution < -0.4 is 10.6 Å². The van der Waals surface area contributed by atoms with E-state index in [0.29, 0.717) is 12.0 Å². The summed E-state index contributed by atoms with van der Waals surface area (Å²) in [6.45, 7) is 12.8. The lowest BCUT2D eigenvalue weighted by Gasteiger charge is -2.58. The molecule has 0 aromatic heterocycles. The number of alkyl carbamates (subject to hydrolysis) is 1. The van der Waals surface area contributed by atoms with Crippen LogP contribution >= 0.6 is 0 Å². The molecule has 2 amide bonds. The number of carbonyl (C=O) groups is 2. The van der Waals surface area contributed by atoms with Gasteiger partial charge in [0.05, 0.1) is 0 Å². The monoisotopic (exact) mass is 514 g/mol. The second-order valence-corrected chi connectivity index (χ2v) is 13.9. The molecule has 5 heteroatoms. The molecule has 2 N–H and O–H groups in total. The molecule has 8 atom stereocenters. The minimum absolute atomic E-state index is 0.0488. The van der Waals surface area contributed by atoms with Gasteiger partial charge in [0.2, 0.25) is 5.91 Å². The molecule has 3 saturated carbocycles. The standard InChI is InChI=1S/C32H54N2O3/c1-21(2)8-7-9-22(3)26-12-13-27-25-11-10-23-20-24(37-30(36)34-19-16-29(35)33-6)14-17-31(23,4)28(25)15-18-32(26,27)5/h10,21-22,24-28H,7-9,11-20H2,1-6H3,(H,33,35)(H,34,36)/t22-,24+,25-,26?,27+,28+,31?,32?/m1/s1. The molecule has 3 fully saturated rings. The summed E-state index contributed by atoms with van der Waals surface area (Å²) in [6, 6.07) is 0. The summed E-state index contributed by atoms with van der Waals surface area (Å²) in [5, 5.41) is 5.32. The van der Waals surface area contributed by atoms with Gasteiger partial charge in [-0.15, -0.1) is 0 Å². The molecule has 0 aromatic rings. The highest BCUT2D eigenvalue weighted by Crippen LogP contribution is 2.67. The van der Waals surface area contributed by atoms with Crippen LogP contribution in [0.3, 0.4) is 0 Å². The van der Waals surface area contributed by atoms with Crippen molar-refractivity contribution in [1.29, 1.82) is 0 Å². The second kappa shape index (κ2) is 11.7. The molecule has 0 bridgehead atoms. The van der Waals surface area contributed by atoms with Gasteiger partial charge in [0.15, 0.2) is 0 Å². The van der Waals surface area contributed by atoms with Crippen LogP contribution in [0.1, 0.15) is 112 Å². The van der Waals surface area contributed by atoms with Crippen LogP contribution in [0.4, 0.5) is 4.79 Å². The second-order valence-electron chi connectivity index (χ2n) is 13.9. The number of carbonyl (C=O) groups excluding carboxylic acids is 2. The van der Waals surface area contributed by atoms with Crippen molar-refractivity contribution in [3.8, 4) is 0 Å². The third kappa shape index (κ3) is 5.91. The molecule has 4 aliphatic carbocycles. The van der Waals surface area contributed by atoms with Crippen molar-refractivity contribution < 1.29 is 14.3 Å². The molecule has 0 heterocycles. The smallest absolute Gasteiger partial charge is 0.407 e. The predicted molar refractivity (Wildman–Crippen MR) is 150 cm³/mol. The van der Waals surface area contributed by atoms with Crippen molar-refractivity contribution in [1.82, 2.24) is 10.6 Å². The summed E-state index contributed by atoms with van der Waals surface area (Å²) >= 11 is 0. The summed E-state index contributed by atoms with van der Waals surface area (Å²) in [5.74, 6) is 4.98. The van der Waals surface area contributed by atoms with Crippen LogP contribution in [0.5, 0.6) is 0 Å². The van der Waals surface area contributed by atoms with Gasteiger partial charge in [-0.05, 0) is 91.3 Å². The van der Waals surface area contributed by atoms with Crippen molar-refractivity contribution in [2.24, 2.45) is 46.3 Å². The van der Waals surface area contributed by atoms with Gasteiger partial charge in [0, 0.05) is 26.4 Å². The van der Waals surface area contributed by atoms with E-state index in [1.807, 2.05) is 0 Å². The van der Waals surface area contributed by atoms with Crippen LogP contribution in [-0.4, -0.2) is 31.7 Å². The molecule has 0 aromatic carbocycles. The average molecular weight is 515 g/mol. The molecule has 0 spiro atoms. The predicted octanol–water partition coefficient (Wildman–Crippen LogP) is 7.26. The minimum atomic E-state index is -0.389. The van der Waals surface area contributed by atoms with E-state index >= 15 is 0 Å². The van der Waals surface area contributed by atoms with E-state index in [0.717, 1.165) is 54.8 Å². The zero-order valence-electron chi connectivity index (χ0n) is 24.5. The molecular weight excluding hydrogens is 460 g/mol. The summed E-state index contributed by atoms with van der Waals surface area (Å²) in [6.07, 6.45) is 16.4. The highest BCUT2D eigenvalue weighted by atomic mass is 16.6. The SMILES string of the molecule is CNC(=O)CCNC(=O)O[C@H]1CCC2(C)C(=CC[C@H]3[C@@H]2CCC2(C)C([C@H](C)CCCC(C)C)CC[C@@H]32)C1. The lowest BCUT2D eigenvalue weighted by Crippen LogP contribution is -2.51. The maximum atomic E-state index is 12.3. The molecule has 0 radical (unpaired) electrons. The lowest BCUT2D eigenvalue weighted by atomic mass is 9.47. The Morgan fingerprint density at radius 3 is 2.57 bits per heavy atom. The fourth-order valence-corrected chi connectivity index (χ4v) is 9.35. The first-order valence-corrected chi connectivity index (χ1v) is 15.4. The Kier molecular flexibility index (Phi) is 9.01. The topological polar surface area (TPSA) is 67.4 Å². The number of ether oxygens (including phenoxy) is 1. The summed E-state index contributed by atoms with van der Waals surface area (Å²) in [7, 11) is 1.61. The molecule has 4 rings (SSSR count). The number of rotatable bonds is 9. The fraction of sp³-hybridized carbons (Fsp3) is 0.875. The van der Waals surface area contributed by atoms with E-state index in [1.54, 1.807) is 12.6 Å². The maximum absolute atomic E-state index is 12.3. The summed E-state index contributed by atoms with van der Waals surface area (Å²) in [5.41, 5.74) is 2.33. The average Bonchev–Trinajstić information content (AvgIpc) is 3.21. The van der Waals surface area contributed by atoms with Gasteiger partial charge in [-0.2, -0.15) is 0 Å². The molecule has 0 saturated heterocycles. The van der Waals surface area contributed by atoms with Crippen LogP contribution in [0.2, 0.25) is 0 Å². The van der Waals surface area contributed by atoms with Crippen molar-refractivity contribution in [2.45, 2.75) is 118 Å². The van der Waals surface area contributed by atoms with E-state index in [2.05, 4.69) is 51.3 Å². The van der Waals surface area contributed by atoms with Gasteiger partial charge in [-0.25, -0.2) is 4.79 Å². The number of hydrogen-bond donors (Lipinski definition) is 2. The van der Waals surface area contributed by atoms with Gasteiger partial charge in [-0.1, -0.05) is 65.5 Å². The third-order valence-corrected chi connectivity index (χ3v) is 11.4. The van der Waals surface area contributed by atoms with Gasteiger partial charge in [-0.3, -0.25) is 4.79 Å². The van der Waals surface area contributed by atoms with Gasteiger partial charge in [0.25, 0.3) is 0 Å². The highest BCUT2D eigenvalue weighted by molar-refractivity contribution is 5.76. The van der Waals surface area contributed by atoms with Crippen LogP contribution in [-0.2, 0) is 9.53 Å². The Bertz CT molecular complexity index is 853. The van der Waals surface area contributed by atoms with Gasteiger partial charge < -0.3 is 15.4 Å². The molecule has 210 valence electrons. The maximum Gasteiger partial charge on any atom is 0.407 e. The van der Waals surface area contributed by atoms with Crippen molar-refractivity contribution in [3.63, 3.8) is 0 Å². The Balaban J connectivity index is 1.36. The molecular formula is C32H54N2O3. The third-order valence-electron chi connectivity index (χ3n) is 11.4. The highest BCUT2D eigenvalue weighted by Gasteiger charge is 2.59. The van der Waals surface area contributed by atoms with E-state index in [4.69, 9.17) is 4.74 Å². The Morgan fingerprint density at radius 2 is 1.84 bits per heavy atom. The zero-order valence-corrected chi connectivity index (χ0v) is 24.5. The Labute approximate surface area is 226 Å². The van der Waals surface area contributed by atoms with Crippen LogP contribution in [0.15, 0.2) is 11.6 Å². The van der Waals surface area contributed by atoms with Crippen LogP contribution in [0.25, 0.3) is 0 Å². The Hall–Kier alpha value is -1.52. The van der Waals surface area contributed by atoms with Crippen molar-refractivity contribution in [2.75, 3.05) is 13.6 Å². The Morgan fingerprint density at radius 1 is 1.05 bits per heavy atom. The van der Waals surface area contributed by atoms with Gasteiger partial charge >= 0.3 is 6.09 Å². The van der Waals surface area contributed by atoms with Crippen molar-refractivity contribution >= 4 is 12.0 Å². The normalized spacial score (nSPS) is 37.6. The molecule has 4 aliphatic rings. The van der Waals surface area contributed by atoms with Crippen molar-refractivity contribution in [3.05, 3.63) is 11.6 Å². The first-order chi connectivity index (χ1) is 17.6. The molecule has 3 unspecified atom stereocenters. The molecule has 5 nitrogen and oxygen atoms in total. The fourth-order valence-electron chi connectivity index (χ4n) is 9.35. The number of allylic oxidation sites excluding steroid dienone is 1. The zero-order chi connectivity index (χ0) is 26.8. The quantitative estimate of drug-likeness (QED) is 0.318. The summed E-state index contributed by atoms with van der Waals surface area (Å²) < 4.78 is 5.79. The van der Waals surface area contributed by atoms with E-state index in [-0.39, 0.29) is 29.9 Å². The van der Waals surface area contributed by atoms with Crippen LogP contribution in [0, 0.1) is 46.3 Å². The molecule has 37 heavy (non-hydrogen) atoms. The van der Waals surface area contributed by atoms with E-state index < -0.39 is 0 Å². The number of nitrogens with one attached hydrogen (secondary N) is 2.